The van der Waals surface area contributed by atoms with Crippen LogP contribution in [0.2, 0.25) is 0 Å². The molecule has 1 aromatic heterocycles. The predicted molar refractivity (Wildman–Crippen MR) is 239 cm³/mol. The third kappa shape index (κ3) is 10.8. The van der Waals surface area contributed by atoms with Gasteiger partial charge in [-0.15, -0.1) is 0 Å². The summed E-state index contributed by atoms with van der Waals surface area (Å²) in [6.07, 6.45) is 7.37. The smallest absolute Gasteiger partial charge is 0.262 e. The fraction of sp³-hybridized carbons (Fsp3) is 0.449. The van der Waals surface area contributed by atoms with Crippen LogP contribution in [-0.4, -0.2) is 108 Å². The van der Waals surface area contributed by atoms with Gasteiger partial charge >= 0.3 is 0 Å². The maximum absolute atomic E-state index is 14.0. The number of amides is 6. The van der Waals surface area contributed by atoms with Crippen LogP contribution < -0.4 is 20.7 Å². The molecule has 4 aromatic rings. The molecule has 1 saturated carbocycles. The number of aromatic nitrogens is 1. The summed E-state index contributed by atoms with van der Waals surface area (Å²) in [5, 5.41) is 9.31. The van der Waals surface area contributed by atoms with E-state index in [1.165, 1.54) is 6.07 Å². The molecule has 3 N–H and O–H groups in total. The summed E-state index contributed by atoms with van der Waals surface area (Å²) >= 11 is 0. The number of fused-ring (bicyclic) bond motifs is 2. The van der Waals surface area contributed by atoms with Gasteiger partial charge in [-0.2, -0.15) is 0 Å². The summed E-state index contributed by atoms with van der Waals surface area (Å²) in [4.78, 5) is 83.1. The van der Waals surface area contributed by atoms with Gasteiger partial charge in [-0.3, -0.25) is 44.0 Å². The molecule has 3 fully saturated rings. The van der Waals surface area contributed by atoms with Crippen molar-refractivity contribution >= 4 is 57.7 Å². The van der Waals surface area contributed by atoms with E-state index < -0.39 is 29.7 Å². The lowest BCUT2D eigenvalue weighted by atomic mass is 9.73. The van der Waals surface area contributed by atoms with Crippen LogP contribution in [0.25, 0.3) is 10.9 Å². The highest BCUT2D eigenvalue weighted by Crippen LogP contribution is 2.41. The molecule has 65 heavy (non-hydrogen) atoms. The molecule has 4 aliphatic rings. The monoisotopic (exact) mass is 890 g/mol. The number of likely N-dealkylation sites (tertiary alicyclic amines) is 1. The third-order valence-electron chi connectivity index (χ3n) is 13.1. The van der Waals surface area contributed by atoms with Gasteiger partial charge in [0.25, 0.3) is 11.8 Å². The van der Waals surface area contributed by atoms with Crippen molar-refractivity contribution in [1.29, 1.82) is 0 Å². The first-order valence-corrected chi connectivity index (χ1v) is 22.7. The number of pyridine rings is 1. The zero-order valence-electron chi connectivity index (χ0n) is 36.5. The molecule has 1 aliphatic carbocycles. The molecule has 0 bridgehead atoms. The molecule has 15 nitrogen and oxygen atoms in total. The molecule has 0 radical (unpaired) electrons. The standard InChI is InChI=1S/C49H55FN6O9/c1-30(31-2-4-32(5-3-31)38-16-20-52-42-13-6-33(50)28-40(38)42)46(59)53-34-7-10-36(11-8-34)65-37-17-22-55(23-18-37)45(58)19-24-63-26-27-64-25-21-51-35-9-12-39-41(29-35)49(62)56(48(39)61)43-14-15-44(57)54-47(43)60/h6-13,16,20,28-32,37,43,51H,2-5,14-15,17-19,21-27H2,1H3,(H,53,59)(H,54,57,60)/t30-,31-,32+,43?/m1/s1. The normalized spacial score (nSPS) is 20.7. The summed E-state index contributed by atoms with van der Waals surface area (Å²) in [7, 11) is 0. The number of nitrogens with one attached hydrogen (secondary N) is 3. The van der Waals surface area contributed by atoms with Crippen molar-refractivity contribution in [3.8, 4) is 5.75 Å². The van der Waals surface area contributed by atoms with E-state index in [9.17, 15) is 33.2 Å². The van der Waals surface area contributed by atoms with Crippen molar-refractivity contribution in [1.82, 2.24) is 20.1 Å². The lowest BCUT2D eigenvalue weighted by Gasteiger charge is -2.32. The number of rotatable bonds is 17. The SMILES string of the molecule is C[C@@H](C(=O)Nc1ccc(OC2CCN(C(=O)CCOCCOCCNc3ccc4c(c3)C(=O)N(C3CCC(=O)NC3=O)C4=O)CC2)cc1)[C@H]1CC[C@@H](c2ccnc3ccc(F)cc32)CC1. The van der Waals surface area contributed by atoms with Gasteiger partial charge in [0.15, 0.2) is 0 Å². The highest BCUT2D eigenvalue weighted by atomic mass is 19.1. The molecular formula is C49H55FN6O9. The Balaban J connectivity index is 0.664. The zero-order valence-corrected chi connectivity index (χ0v) is 36.5. The first kappa shape index (κ1) is 45.3. The largest absolute Gasteiger partial charge is 0.490 e. The molecule has 8 rings (SSSR count). The molecule has 6 amide bonds. The number of imide groups is 2. The Kier molecular flexibility index (Phi) is 14.4. The minimum atomic E-state index is -1.01. The minimum absolute atomic E-state index is 0.00215. The topological polar surface area (TPSA) is 186 Å². The summed E-state index contributed by atoms with van der Waals surface area (Å²) in [5.74, 6) is -1.26. The van der Waals surface area contributed by atoms with Crippen molar-refractivity contribution < 1.29 is 47.4 Å². The molecular weight excluding hydrogens is 836 g/mol. The number of hydrogen-bond acceptors (Lipinski definition) is 11. The highest BCUT2D eigenvalue weighted by molar-refractivity contribution is 6.23. The number of anilines is 2. The summed E-state index contributed by atoms with van der Waals surface area (Å²) < 4.78 is 31.6. The molecule has 3 aromatic carbocycles. The first-order chi connectivity index (χ1) is 31.5. The number of halogens is 1. The van der Waals surface area contributed by atoms with Gasteiger partial charge in [-0.25, -0.2) is 4.39 Å². The van der Waals surface area contributed by atoms with Crippen LogP contribution in [0.4, 0.5) is 15.8 Å². The zero-order chi connectivity index (χ0) is 45.5. The molecule has 342 valence electrons. The number of benzene rings is 3. The van der Waals surface area contributed by atoms with Crippen molar-refractivity contribution in [2.24, 2.45) is 11.8 Å². The Morgan fingerprint density at radius 2 is 1.54 bits per heavy atom. The maximum Gasteiger partial charge on any atom is 0.262 e. The van der Waals surface area contributed by atoms with Crippen LogP contribution in [0.15, 0.2) is 72.9 Å². The molecule has 2 saturated heterocycles. The minimum Gasteiger partial charge on any atom is -0.490 e. The number of hydrogen-bond donors (Lipinski definition) is 3. The van der Waals surface area contributed by atoms with Crippen molar-refractivity contribution in [3.05, 3.63) is 95.4 Å². The van der Waals surface area contributed by atoms with Crippen LogP contribution in [0.3, 0.4) is 0 Å². The van der Waals surface area contributed by atoms with Crippen LogP contribution in [-0.2, 0) is 28.7 Å². The van der Waals surface area contributed by atoms with Crippen molar-refractivity contribution in [2.45, 2.75) is 82.8 Å². The molecule has 4 heterocycles. The Labute approximate surface area is 376 Å². The third-order valence-corrected chi connectivity index (χ3v) is 13.1. The second-order valence-corrected chi connectivity index (χ2v) is 17.3. The van der Waals surface area contributed by atoms with Gasteiger partial charge in [-0.1, -0.05) is 6.92 Å². The fourth-order valence-electron chi connectivity index (χ4n) is 9.42. The van der Waals surface area contributed by atoms with Gasteiger partial charge in [0.05, 0.1) is 49.5 Å². The van der Waals surface area contributed by atoms with Crippen LogP contribution in [0.5, 0.6) is 5.75 Å². The number of piperidine rings is 2. The van der Waals surface area contributed by atoms with Crippen LogP contribution >= 0.6 is 0 Å². The van der Waals surface area contributed by atoms with Crippen LogP contribution in [0, 0.1) is 17.7 Å². The van der Waals surface area contributed by atoms with E-state index in [0.29, 0.717) is 75.3 Å². The van der Waals surface area contributed by atoms with E-state index in [0.717, 1.165) is 47.0 Å². The molecule has 16 heteroatoms. The Bertz CT molecular complexity index is 2410. The number of nitrogens with zero attached hydrogens (tertiary/aromatic N) is 3. The second-order valence-electron chi connectivity index (χ2n) is 17.3. The van der Waals surface area contributed by atoms with E-state index in [2.05, 4.69) is 20.9 Å². The highest BCUT2D eigenvalue weighted by Gasteiger charge is 2.44. The molecule has 1 unspecified atom stereocenters. The van der Waals surface area contributed by atoms with Crippen molar-refractivity contribution in [2.75, 3.05) is 56.7 Å². The Morgan fingerprint density at radius 3 is 2.29 bits per heavy atom. The number of carbonyl (C=O) groups is 6. The Hall–Kier alpha value is -6.26. The van der Waals surface area contributed by atoms with Gasteiger partial charge in [-0.05, 0) is 116 Å². The van der Waals surface area contributed by atoms with E-state index in [1.807, 2.05) is 42.2 Å². The fourth-order valence-corrected chi connectivity index (χ4v) is 9.42. The average molecular weight is 891 g/mol. The lowest BCUT2D eigenvalue weighted by Crippen LogP contribution is -2.54. The van der Waals surface area contributed by atoms with Gasteiger partial charge in [0, 0.05) is 67.8 Å². The molecule has 2 atom stereocenters. The quantitative estimate of drug-likeness (QED) is 0.0807. The molecule has 3 aliphatic heterocycles. The Morgan fingerprint density at radius 1 is 0.815 bits per heavy atom. The summed E-state index contributed by atoms with van der Waals surface area (Å²) in [6.45, 7) is 4.92. The average Bonchev–Trinajstić information content (AvgIpc) is 3.56. The second kappa shape index (κ2) is 20.7. The summed E-state index contributed by atoms with van der Waals surface area (Å²) in [5.41, 5.74) is 3.70. The van der Waals surface area contributed by atoms with Crippen LogP contribution in [0.1, 0.15) is 96.9 Å². The van der Waals surface area contributed by atoms with Crippen molar-refractivity contribution in [3.63, 3.8) is 0 Å². The molecule has 0 spiro atoms. The van der Waals surface area contributed by atoms with E-state index >= 15 is 0 Å². The van der Waals surface area contributed by atoms with E-state index in [1.54, 1.807) is 36.5 Å². The van der Waals surface area contributed by atoms with Gasteiger partial charge < -0.3 is 29.7 Å². The van der Waals surface area contributed by atoms with Gasteiger partial charge in [0.1, 0.15) is 23.7 Å². The lowest BCUT2D eigenvalue weighted by molar-refractivity contribution is -0.136. The predicted octanol–water partition coefficient (Wildman–Crippen LogP) is 6.23. The van der Waals surface area contributed by atoms with E-state index in [-0.39, 0.29) is 72.6 Å². The number of carbonyl (C=O) groups excluding carboxylic acids is 6. The first-order valence-electron chi connectivity index (χ1n) is 22.7. The van der Waals surface area contributed by atoms with E-state index in [4.69, 9.17) is 14.2 Å². The maximum atomic E-state index is 14.0. The number of ether oxygens (including phenoxy) is 3. The van der Waals surface area contributed by atoms with Gasteiger partial charge in [0.2, 0.25) is 23.6 Å². The summed E-state index contributed by atoms with van der Waals surface area (Å²) in [6, 6.07) is 18.0.